The lowest BCUT2D eigenvalue weighted by molar-refractivity contribution is -0.385. The fourth-order valence-corrected chi connectivity index (χ4v) is 2.33. The van der Waals surface area contributed by atoms with Gasteiger partial charge in [-0.1, -0.05) is 11.6 Å². The van der Waals surface area contributed by atoms with Crippen molar-refractivity contribution in [1.29, 1.82) is 0 Å². The highest BCUT2D eigenvalue weighted by atomic mass is 35.5. The van der Waals surface area contributed by atoms with Gasteiger partial charge >= 0.3 is 0 Å². The summed E-state index contributed by atoms with van der Waals surface area (Å²) in [5.41, 5.74) is 0.0827. The molecule has 2 rings (SSSR count). The van der Waals surface area contributed by atoms with Gasteiger partial charge in [0.05, 0.1) is 30.2 Å². The third kappa shape index (κ3) is 3.65. The molecule has 0 bridgehead atoms. The van der Waals surface area contributed by atoms with Gasteiger partial charge in [-0.25, -0.2) is 9.37 Å². The second-order valence-corrected chi connectivity index (χ2v) is 5.28. The van der Waals surface area contributed by atoms with Crippen LogP contribution in [0.2, 0.25) is 5.02 Å². The first-order chi connectivity index (χ1) is 11.4. The van der Waals surface area contributed by atoms with Crippen LogP contribution in [-0.2, 0) is 0 Å². The summed E-state index contributed by atoms with van der Waals surface area (Å²) in [4.78, 5) is 14.0. The summed E-state index contributed by atoms with van der Waals surface area (Å²) in [6.45, 7) is 1.70. The monoisotopic (exact) mass is 355 g/mol. The number of methoxy groups -OCH3 is 2. The number of benzene rings is 1. The molecule has 0 saturated carbocycles. The van der Waals surface area contributed by atoms with Crippen LogP contribution < -0.4 is 14.8 Å². The summed E-state index contributed by atoms with van der Waals surface area (Å²) >= 11 is 5.98. The zero-order valence-corrected chi connectivity index (χ0v) is 13.9. The van der Waals surface area contributed by atoms with Crippen molar-refractivity contribution < 1.29 is 18.8 Å². The van der Waals surface area contributed by atoms with E-state index in [-0.39, 0.29) is 22.3 Å². The molecular formula is C15H15ClFN3O4. The maximum absolute atomic E-state index is 14.3. The molecule has 0 aliphatic carbocycles. The first-order valence-corrected chi connectivity index (χ1v) is 7.23. The first-order valence-electron chi connectivity index (χ1n) is 6.85. The third-order valence-corrected chi connectivity index (χ3v) is 3.65. The van der Waals surface area contributed by atoms with Crippen molar-refractivity contribution in [3.8, 4) is 11.5 Å². The van der Waals surface area contributed by atoms with E-state index in [0.29, 0.717) is 11.3 Å². The maximum Gasteiger partial charge on any atom is 0.289 e. The van der Waals surface area contributed by atoms with Crippen molar-refractivity contribution in [3.05, 3.63) is 50.9 Å². The smallest absolute Gasteiger partial charge is 0.289 e. The summed E-state index contributed by atoms with van der Waals surface area (Å²) in [6, 6.07) is 3.38. The summed E-state index contributed by atoms with van der Waals surface area (Å²) in [7, 11) is 2.87. The van der Waals surface area contributed by atoms with Gasteiger partial charge in [-0.2, -0.15) is 0 Å². The highest BCUT2D eigenvalue weighted by Crippen LogP contribution is 2.34. The van der Waals surface area contributed by atoms with E-state index in [4.69, 9.17) is 21.1 Å². The molecule has 128 valence electrons. The zero-order chi connectivity index (χ0) is 17.9. The van der Waals surface area contributed by atoms with Gasteiger partial charge in [-0.15, -0.1) is 0 Å². The molecule has 0 aliphatic rings. The fraction of sp³-hybridized carbons (Fsp3) is 0.267. The number of anilines is 1. The van der Waals surface area contributed by atoms with E-state index >= 15 is 0 Å². The zero-order valence-electron chi connectivity index (χ0n) is 13.2. The van der Waals surface area contributed by atoms with Crippen LogP contribution in [0.3, 0.4) is 0 Å². The Hall–Kier alpha value is -2.61. The lowest BCUT2D eigenvalue weighted by Crippen LogP contribution is -2.11. The van der Waals surface area contributed by atoms with Gasteiger partial charge in [-0.05, 0) is 13.0 Å². The van der Waals surface area contributed by atoms with Crippen LogP contribution in [0.5, 0.6) is 11.5 Å². The Morgan fingerprint density at radius 3 is 2.46 bits per heavy atom. The third-order valence-electron chi connectivity index (χ3n) is 3.36. The number of nitro groups is 1. The van der Waals surface area contributed by atoms with Crippen molar-refractivity contribution in [3.63, 3.8) is 0 Å². The second-order valence-electron chi connectivity index (χ2n) is 4.88. The first kappa shape index (κ1) is 17.7. The highest BCUT2D eigenvalue weighted by Gasteiger charge is 2.18. The molecule has 1 heterocycles. The molecular weight excluding hydrogens is 341 g/mol. The van der Waals surface area contributed by atoms with Crippen LogP contribution in [0.15, 0.2) is 24.4 Å². The molecule has 0 fully saturated rings. The number of ether oxygens (including phenoxy) is 2. The summed E-state index contributed by atoms with van der Waals surface area (Å²) in [5.74, 6) is 0.373. The second kappa shape index (κ2) is 7.31. The van der Waals surface area contributed by atoms with Crippen LogP contribution >= 0.6 is 11.6 Å². The van der Waals surface area contributed by atoms with Gasteiger partial charge in [-0.3, -0.25) is 10.1 Å². The average Bonchev–Trinajstić information content (AvgIpc) is 2.55. The van der Waals surface area contributed by atoms with Gasteiger partial charge in [0.25, 0.3) is 5.69 Å². The predicted octanol–water partition coefficient (Wildman–Crippen LogP) is 3.97. The molecule has 24 heavy (non-hydrogen) atoms. The normalized spacial score (nSPS) is 11.7. The van der Waals surface area contributed by atoms with E-state index in [9.17, 15) is 14.5 Å². The molecule has 0 aliphatic heterocycles. The Kier molecular flexibility index (Phi) is 5.40. The predicted molar refractivity (Wildman–Crippen MR) is 87.4 cm³/mol. The van der Waals surface area contributed by atoms with Crippen LogP contribution in [-0.4, -0.2) is 24.1 Å². The van der Waals surface area contributed by atoms with Gasteiger partial charge in [0, 0.05) is 17.7 Å². The number of pyridine rings is 1. The molecule has 1 aromatic carbocycles. The number of hydrogen-bond acceptors (Lipinski definition) is 6. The Balaban J connectivity index is 2.30. The van der Waals surface area contributed by atoms with Crippen molar-refractivity contribution >= 4 is 23.1 Å². The molecule has 1 unspecified atom stereocenters. The summed E-state index contributed by atoms with van der Waals surface area (Å²) in [6.07, 6.45) is 1.08. The molecule has 1 N–H and O–H groups in total. The number of rotatable bonds is 6. The lowest BCUT2D eigenvalue weighted by Gasteiger charge is -2.18. The van der Waals surface area contributed by atoms with Gasteiger partial charge in [0.2, 0.25) is 0 Å². The minimum absolute atomic E-state index is 0.0666. The van der Waals surface area contributed by atoms with Crippen LogP contribution in [0.25, 0.3) is 0 Å². The molecule has 0 amide bonds. The molecule has 0 radical (unpaired) electrons. The molecule has 0 saturated heterocycles. The van der Waals surface area contributed by atoms with Crippen LogP contribution in [0.1, 0.15) is 18.5 Å². The average molecular weight is 356 g/mol. The number of halogens is 2. The summed E-state index contributed by atoms with van der Waals surface area (Å²) in [5, 5.41) is 13.7. The molecule has 1 aromatic heterocycles. The van der Waals surface area contributed by atoms with Crippen molar-refractivity contribution in [2.24, 2.45) is 0 Å². The SMILES string of the molecule is COc1cc(F)c(C(C)Nc2ncc([N+](=O)[O-])cc2Cl)cc1OC. The van der Waals surface area contributed by atoms with Crippen LogP contribution in [0, 0.1) is 15.9 Å². The Labute approximate surface area is 142 Å². The van der Waals surface area contributed by atoms with E-state index in [1.807, 2.05) is 0 Å². The number of hydrogen-bond donors (Lipinski definition) is 1. The quantitative estimate of drug-likeness (QED) is 0.623. The van der Waals surface area contributed by atoms with Crippen molar-refractivity contribution in [2.75, 3.05) is 19.5 Å². The van der Waals surface area contributed by atoms with E-state index in [1.54, 1.807) is 6.92 Å². The van der Waals surface area contributed by atoms with E-state index in [0.717, 1.165) is 6.20 Å². The number of nitrogens with zero attached hydrogens (tertiary/aromatic N) is 2. The lowest BCUT2D eigenvalue weighted by atomic mass is 10.1. The van der Waals surface area contributed by atoms with Gasteiger partial charge in [0.15, 0.2) is 11.5 Å². The van der Waals surface area contributed by atoms with E-state index in [2.05, 4.69) is 10.3 Å². The highest BCUT2D eigenvalue weighted by molar-refractivity contribution is 6.33. The van der Waals surface area contributed by atoms with Crippen molar-refractivity contribution in [2.45, 2.75) is 13.0 Å². The largest absolute Gasteiger partial charge is 0.493 e. The number of aromatic nitrogens is 1. The molecule has 2 aromatic rings. The maximum atomic E-state index is 14.3. The van der Waals surface area contributed by atoms with E-state index in [1.165, 1.54) is 32.4 Å². The molecule has 9 heteroatoms. The summed E-state index contributed by atoms with van der Waals surface area (Å²) < 4.78 is 24.5. The van der Waals surface area contributed by atoms with Crippen molar-refractivity contribution in [1.82, 2.24) is 4.98 Å². The minimum atomic E-state index is -0.597. The van der Waals surface area contributed by atoms with E-state index < -0.39 is 16.8 Å². The molecule has 0 spiro atoms. The Morgan fingerprint density at radius 1 is 1.29 bits per heavy atom. The topological polar surface area (TPSA) is 86.5 Å². The van der Waals surface area contributed by atoms with Crippen LogP contribution in [0.4, 0.5) is 15.9 Å². The number of nitrogens with one attached hydrogen (secondary N) is 1. The standard InChI is InChI=1S/C15H15ClFN3O4/c1-8(10-5-13(23-2)14(24-3)6-12(10)17)19-15-11(16)4-9(7-18-15)20(21)22/h4-8H,1-3H3,(H,18,19). The Morgan fingerprint density at radius 2 is 1.92 bits per heavy atom. The van der Waals surface area contributed by atoms with Gasteiger partial charge in [0.1, 0.15) is 17.8 Å². The fourth-order valence-electron chi connectivity index (χ4n) is 2.12. The molecule has 7 nitrogen and oxygen atoms in total. The van der Waals surface area contributed by atoms with Gasteiger partial charge < -0.3 is 14.8 Å². The Bertz CT molecular complexity index is 773. The minimum Gasteiger partial charge on any atom is -0.493 e. The molecule has 1 atom stereocenters.